The smallest absolute Gasteiger partial charge is 0.270 e. The third-order valence-electron chi connectivity index (χ3n) is 7.27. The normalized spacial score (nSPS) is 32.9. The van der Waals surface area contributed by atoms with Gasteiger partial charge in [0.15, 0.2) is 5.75 Å². The molecule has 164 valence electrons. The molecule has 4 bridgehead atoms. The van der Waals surface area contributed by atoms with E-state index in [1.54, 1.807) is 4.90 Å². The minimum atomic E-state index is -0.0907. The van der Waals surface area contributed by atoms with Gasteiger partial charge in [-0.3, -0.25) is 14.4 Å². The van der Waals surface area contributed by atoms with E-state index in [4.69, 9.17) is 0 Å². The minimum Gasteiger partial charge on any atom is -1.00 e. The zero-order chi connectivity index (χ0) is 19.9. The first-order chi connectivity index (χ1) is 13.3. The van der Waals surface area contributed by atoms with Crippen molar-refractivity contribution in [1.82, 2.24) is 15.1 Å². The summed E-state index contributed by atoms with van der Waals surface area (Å²) in [4.78, 5) is 41.4. The van der Waals surface area contributed by atoms with Gasteiger partial charge in [0.2, 0.25) is 11.8 Å². The molecule has 0 aromatic heterocycles. The van der Waals surface area contributed by atoms with Crippen LogP contribution in [0.15, 0.2) is 0 Å². The number of nitrogens with one attached hydrogen (secondary N) is 1. The standard InChI is InChI=1S/C21H33N3O3S.BrH/c1-28(2)14-18(25)22-13-19(26)23-3-5-24(6-4-23)20(27)21-10-15-7-16(11-21)9-17(8-15)12-21;/h15-17H,3-14H2,1-2H3;1H. The summed E-state index contributed by atoms with van der Waals surface area (Å²) in [5.74, 6) is 3.06. The molecule has 5 aliphatic rings. The number of hydrogen-bond acceptors (Lipinski definition) is 3. The Balaban J connectivity index is 0.00000240. The van der Waals surface area contributed by atoms with E-state index in [9.17, 15) is 14.4 Å². The third kappa shape index (κ3) is 4.94. The molecule has 0 spiro atoms. The Bertz CT molecular complexity index is 614. The molecule has 0 unspecified atom stereocenters. The topological polar surface area (TPSA) is 69.7 Å². The Hall–Kier alpha value is -0.760. The van der Waals surface area contributed by atoms with Crippen LogP contribution in [0.25, 0.3) is 0 Å². The molecule has 4 saturated carbocycles. The quantitative estimate of drug-likeness (QED) is 0.450. The van der Waals surface area contributed by atoms with Crippen LogP contribution in [0.5, 0.6) is 0 Å². The second kappa shape index (κ2) is 9.16. The van der Waals surface area contributed by atoms with E-state index in [0.717, 1.165) is 37.0 Å². The number of carbonyl (C=O) groups excluding carboxylic acids is 3. The van der Waals surface area contributed by atoms with Crippen LogP contribution in [0.3, 0.4) is 0 Å². The molecule has 5 fully saturated rings. The van der Waals surface area contributed by atoms with Crippen LogP contribution < -0.4 is 22.3 Å². The monoisotopic (exact) mass is 487 g/mol. The van der Waals surface area contributed by atoms with Gasteiger partial charge in [-0.25, -0.2) is 0 Å². The maximum Gasteiger partial charge on any atom is 0.270 e. The highest BCUT2D eigenvalue weighted by Gasteiger charge is 2.55. The van der Waals surface area contributed by atoms with Crippen LogP contribution >= 0.6 is 0 Å². The lowest BCUT2D eigenvalue weighted by Crippen LogP contribution is -3.00. The molecule has 0 radical (unpaired) electrons. The average Bonchev–Trinajstić information content (AvgIpc) is 2.64. The Morgan fingerprint density at radius 1 is 0.897 bits per heavy atom. The summed E-state index contributed by atoms with van der Waals surface area (Å²) >= 11 is 0. The van der Waals surface area contributed by atoms with E-state index in [1.807, 2.05) is 17.4 Å². The van der Waals surface area contributed by atoms with Crippen LogP contribution in [0.4, 0.5) is 0 Å². The van der Waals surface area contributed by atoms with Gasteiger partial charge >= 0.3 is 0 Å². The number of piperazine rings is 1. The minimum absolute atomic E-state index is 0. The van der Waals surface area contributed by atoms with Crippen LogP contribution in [-0.2, 0) is 25.3 Å². The Kier molecular flexibility index (Phi) is 7.24. The van der Waals surface area contributed by atoms with Gasteiger partial charge < -0.3 is 32.1 Å². The summed E-state index contributed by atoms with van der Waals surface area (Å²) in [6.45, 7) is 2.50. The Morgan fingerprint density at radius 3 is 1.86 bits per heavy atom. The van der Waals surface area contributed by atoms with E-state index in [1.165, 1.54) is 19.3 Å². The van der Waals surface area contributed by atoms with Crippen LogP contribution in [0.1, 0.15) is 38.5 Å². The fourth-order valence-corrected chi connectivity index (χ4v) is 7.09. The highest BCUT2D eigenvalue weighted by molar-refractivity contribution is 7.96. The summed E-state index contributed by atoms with van der Waals surface area (Å²) in [5, 5.41) is 2.73. The lowest BCUT2D eigenvalue weighted by Gasteiger charge is -2.57. The molecular weight excluding hydrogens is 454 g/mol. The van der Waals surface area contributed by atoms with Gasteiger partial charge in [0.05, 0.1) is 24.5 Å². The summed E-state index contributed by atoms with van der Waals surface area (Å²) in [6.07, 6.45) is 11.4. The van der Waals surface area contributed by atoms with Crippen molar-refractivity contribution in [3.63, 3.8) is 0 Å². The third-order valence-corrected chi connectivity index (χ3v) is 8.11. The summed E-state index contributed by atoms with van der Waals surface area (Å²) in [5.41, 5.74) is -0.0907. The predicted molar refractivity (Wildman–Crippen MR) is 111 cm³/mol. The number of amides is 3. The first-order valence-electron chi connectivity index (χ1n) is 10.7. The lowest BCUT2D eigenvalue weighted by atomic mass is 9.49. The second-order valence-electron chi connectivity index (χ2n) is 9.78. The fourth-order valence-electron chi connectivity index (χ4n) is 6.47. The van der Waals surface area contributed by atoms with Gasteiger partial charge in [0.25, 0.3) is 5.91 Å². The zero-order valence-corrected chi connectivity index (χ0v) is 20.0. The molecule has 1 N–H and O–H groups in total. The Morgan fingerprint density at radius 2 is 1.38 bits per heavy atom. The summed E-state index contributed by atoms with van der Waals surface area (Å²) < 4.78 is 0. The fraction of sp³-hybridized carbons (Fsp3) is 0.857. The Labute approximate surface area is 187 Å². The summed E-state index contributed by atoms with van der Waals surface area (Å²) in [7, 11) is 0.0386. The molecule has 1 heterocycles. The number of carbonyl (C=O) groups is 3. The molecule has 6 nitrogen and oxygen atoms in total. The van der Waals surface area contributed by atoms with Crippen molar-refractivity contribution in [2.45, 2.75) is 38.5 Å². The van der Waals surface area contributed by atoms with Gasteiger partial charge in [-0.05, 0) is 67.2 Å². The van der Waals surface area contributed by atoms with E-state index in [0.29, 0.717) is 37.8 Å². The van der Waals surface area contributed by atoms with Crippen molar-refractivity contribution in [2.24, 2.45) is 23.2 Å². The van der Waals surface area contributed by atoms with Crippen molar-refractivity contribution in [2.75, 3.05) is 51.0 Å². The van der Waals surface area contributed by atoms with Gasteiger partial charge in [-0.1, -0.05) is 0 Å². The van der Waals surface area contributed by atoms with Gasteiger partial charge in [0, 0.05) is 26.2 Å². The molecule has 8 heteroatoms. The molecule has 0 aromatic rings. The van der Waals surface area contributed by atoms with Crippen molar-refractivity contribution < 1.29 is 31.4 Å². The highest BCUT2D eigenvalue weighted by Crippen LogP contribution is 2.60. The molecule has 3 amide bonds. The molecule has 0 aromatic carbocycles. The first-order valence-corrected chi connectivity index (χ1v) is 12.9. The predicted octanol–water partition coefficient (Wildman–Crippen LogP) is -2.13. The van der Waals surface area contributed by atoms with Crippen LogP contribution in [-0.4, -0.2) is 78.5 Å². The molecule has 29 heavy (non-hydrogen) atoms. The SMILES string of the molecule is C[S+](C)CC(=O)NCC(=O)N1CCN(C(=O)C23CC4CC(CC(C4)C2)C3)CC1.[Br-]. The van der Waals surface area contributed by atoms with Crippen molar-refractivity contribution in [1.29, 1.82) is 0 Å². The van der Waals surface area contributed by atoms with Gasteiger partial charge in [-0.2, -0.15) is 0 Å². The van der Waals surface area contributed by atoms with E-state index >= 15 is 0 Å². The second-order valence-corrected chi connectivity index (χ2v) is 12.0. The van der Waals surface area contributed by atoms with Crippen molar-refractivity contribution in [3.8, 4) is 0 Å². The number of hydrogen-bond donors (Lipinski definition) is 1. The summed E-state index contributed by atoms with van der Waals surface area (Å²) in [6, 6.07) is 0. The maximum atomic E-state index is 13.4. The zero-order valence-electron chi connectivity index (χ0n) is 17.6. The largest absolute Gasteiger partial charge is 1.00 e. The number of rotatable bonds is 5. The first kappa shape index (κ1) is 22.9. The maximum absolute atomic E-state index is 13.4. The number of halogens is 1. The van der Waals surface area contributed by atoms with Gasteiger partial charge in [-0.15, -0.1) is 0 Å². The van der Waals surface area contributed by atoms with Crippen molar-refractivity contribution in [3.05, 3.63) is 0 Å². The molecule has 0 atom stereocenters. The van der Waals surface area contributed by atoms with E-state index in [-0.39, 0.29) is 51.7 Å². The van der Waals surface area contributed by atoms with Gasteiger partial charge in [0.1, 0.15) is 0 Å². The highest BCUT2D eigenvalue weighted by atomic mass is 79.9. The molecule has 5 rings (SSSR count). The number of nitrogens with zero attached hydrogens (tertiary/aromatic N) is 2. The molecule has 4 aliphatic carbocycles. The lowest BCUT2D eigenvalue weighted by molar-refractivity contribution is -0.160. The molecule has 1 saturated heterocycles. The molecular formula is C21H34BrN3O3S. The molecule has 1 aliphatic heterocycles. The van der Waals surface area contributed by atoms with Crippen LogP contribution in [0.2, 0.25) is 0 Å². The van der Waals surface area contributed by atoms with E-state index < -0.39 is 0 Å². The van der Waals surface area contributed by atoms with Crippen molar-refractivity contribution >= 4 is 28.6 Å². The van der Waals surface area contributed by atoms with Crippen LogP contribution in [0, 0.1) is 23.2 Å². The van der Waals surface area contributed by atoms with E-state index in [2.05, 4.69) is 5.32 Å². The average molecular weight is 488 g/mol.